The van der Waals surface area contributed by atoms with Gasteiger partial charge in [-0.2, -0.15) is 0 Å². The van der Waals surface area contributed by atoms with Gasteiger partial charge in [0.2, 0.25) is 0 Å². The number of rotatable bonds is 5. The van der Waals surface area contributed by atoms with Gasteiger partial charge in [-0.05, 0) is 48.2 Å². The number of aryl methyl sites for hydroxylation is 1. The van der Waals surface area contributed by atoms with Crippen LogP contribution in [0.2, 0.25) is 5.02 Å². The lowest BCUT2D eigenvalue weighted by atomic mass is 10.1. The van der Waals surface area contributed by atoms with Gasteiger partial charge in [-0.1, -0.05) is 23.7 Å². The van der Waals surface area contributed by atoms with Gasteiger partial charge in [0.15, 0.2) is 0 Å². The maximum atomic E-state index is 5.88. The van der Waals surface area contributed by atoms with Gasteiger partial charge in [0, 0.05) is 24.3 Å². The molecule has 2 heterocycles. The first-order valence-electron chi connectivity index (χ1n) is 6.71. The number of fused-ring (bicyclic) bond motifs is 1. The summed E-state index contributed by atoms with van der Waals surface area (Å²) < 4.78 is 3.63. The van der Waals surface area contributed by atoms with Crippen LogP contribution in [0.4, 0.5) is 0 Å². The highest BCUT2D eigenvalue weighted by molar-refractivity contribution is 7.17. The molecule has 3 rings (SSSR count). The number of hydrogen-bond acceptors (Lipinski definition) is 2. The lowest BCUT2D eigenvalue weighted by Gasteiger charge is -2.07. The van der Waals surface area contributed by atoms with Gasteiger partial charge in [0.05, 0.1) is 10.2 Å². The molecular weight excluding hydrogens is 288 g/mol. The summed E-state index contributed by atoms with van der Waals surface area (Å²) in [5.41, 5.74) is 3.97. The Bertz CT molecular complexity index is 697. The Morgan fingerprint density at radius 3 is 2.75 bits per heavy atom. The van der Waals surface area contributed by atoms with E-state index in [9.17, 15) is 0 Å². The molecule has 0 saturated heterocycles. The van der Waals surface area contributed by atoms with E-state index in [0.717, 1.165) is 24.5 Å². The normalized spacial score (nSPS) is 11.3. The second-order valence-electron chi connectivity index (χ2n) is 4.92. The maximum absolute atomic E-state index is 5.88. The van der Waals surface area contributed by atoms with E-state index in [4.69, 9.17) is 11.6 Å². The van der Waals surface area contributed by atoms with Crippen LogP contribution in [0.25, 0.3) is 10.2 Å². The van der Waals surface area contributed by atoms with Crippen molar-refractivity contribution in [3.63, 3.8) is 0 Å². The molecule has 0 aliphatic rings. The average Bonchev–Trinajstić information content (AvgIpc) is 3.01. The van der Waals surface area contributed by atoms with Crippen molar-refractivity contribution in [1.29, 1.82) is 0 Å². The van der Waals surface area contributed by atoms with Crippen LogP contribution < -0.4 is 5.32 Å². The van der Waals surface area contributed by atoms with Crippen molar-refractivity contribution in [2.45, 2.75) is 13.0 Å². The molecule has 0 aliphatic carbocycles. The molecule has 0 saturated carbocycles. The van der Waals surface area contributed by atoms with Crippen LogP contribution in [0, 0.1) is 0 Å². The average molecular weight is 305 g/mol. The van der Waals surface area contributed by atoms with E-state index in [0.29, 0.717) is 0 Å². The van der Waals surface area contributed by atoms with Gasteiger partial charge < -0.3 is 9.88 Å². The van der Waals surface area contributed by atoms with E-state index >= 15 is 0 Å². The second-order valence-corrected chi connectivity index (χ2v) is 6.30. The number of nitrogens with zero attached hydrogens (tertiary/aromatic N) is 1. The summed E-state index contributed by atoms with van der Waals surface area (Å²) in [6.45, 7) is 1.88. The largest absolute Gasteiger partial charge is 0.346 e. The zero-order chi connectivity index (χ0) is 13.9. The lowest BCUT2D eigenvalue weighted by Crippen LogP contribution is -2.18. The van der Waals surface area contributed by atoms with Gasteiger partial charge in [-0.25, -0.2) is 0 Å². The van der Waals surface area contributed by atoms with Crippen molar-refractivity contribution < 1.29 is 0 Å². The third-order valence-electron chi connectivity index (χ3n) is 3.57. The lowest BCUT2D eigenvalue weighted by molar-refractivity contribution is 0.657. The van der Waals surface area contributed by atoms with Crippen molar-refractivity contribution in [3.05, 3.63) is 58.1 Å². The molecular formula is C16H17ClN2S. The summed E-state index contributed by atoms with van der Waals surface area (Å²) in [6, 6.07) is 12.5. The number of benzene rings is 1. The van der Waals surface area contributed by atoms with Crippen LogP contribution in [0.5, 0.6) is 0 Å². The first-order chi connectivity index (χ1) is 9.74. The van der Waals surface area contributed by atoms with E-state index in [2.05, 4.69) is 46.6 Å². The zero-order valence-corrected chi connectivity index (χ0v) is 13.0. The molecule has 20 heavy (non-hydrogen) atoms. The van der Waals surface area contributed by atoms with E-state index < -0.39 is 0 Å². The Balaban J connectivity index is 1.53. The zero-order valence-electron chi connectivity index (χ0n) is 11.4. The SMILES string of the molecule is Cn1c(CNCCc2ccc(Cl)cc2)cc2sccc21. The van der Waals surface area contributed by atoms with Gasteiger partial charge in [0.1, 0.15) is 0 Å². The minimum atomic E-state index is 0.797. The summed E-state index contributed by atoms with van der Waals surface area (Å²) in [4.78, 5) is 0. The first-order valence-corrected chi connectivity index (χ1v) is 7.97. The number of aromatic nitrogens is 1. The van der Waals surface area contributed by atoms with E-state index in [-0.39, 0.29) is 0 Å². The smallest absolute Gasteiger partial charge is 0.0589 e. The molecule has 0 spiro atoms. The molecule has 0 bridgehead atoms. The second kappa shape index (κ2) is 6.00. The third-order valence-corrected chi connectivity index (χ3v) is 4.68. The molecule has 3 aromatic rings. The van der Waals surface area contributed by atoms with Gasteiger partial charge >= 0.3 is 0 Å². The fourth-order valence-electron chi connectivity index (χ4n) is 2.37. The van der Waals surface area contributed by atoms with E-state index in [1.807, 2.05) is 12.1 Å². The molecule has 1 N–H and O–H groups in total. The summed E-state index contributed by atoms with van der Waals surface area (Å²) in [5, 5.41) is 6.45. The highest BCUT2D eigenvalue weighted by atomic mass is 35.5. The molecule has 2 nitrogen and oxygen atoms in total. The molecule has 0 radical (unpaired) electrons. The van der Waals surface area contributed by atoms with Crippen LogP contribution >= 0.6 is 22.9 Å². The molecule has 0 amide bonds. The number of nitrogens with one attached hydrogen (secondary N) is 1. The molecule has 0 unspecified atom stereocenters. The predicted octanol–water partition coefficient (Wildman–Crippen LogP) is 4.23. The molecule has 0 fully saturated rings. The molecule has 104 valence electrons. The number of hydrogen-bond donors (Lipinski definition) is 1. The van der Waals surface area contributed by atoms with Crippen molar-refractivity contribution in [3.8, 4) is 0 Å². The summed E-state index contributed by atoms with van der Waals surface area (Å²) in [7, 11) is 2.13. The topological polar surface area (TPSA) is 17.0 Å². The fourth-order valence-corrected chi connectivity index (χ4v) is 3.37. The molecule has 0 atom stereocenters. The van der Waals surface area contributed by atoms with Crippen molar-refractivity contribution in [2.75, 3.05) is 6.54 Å². The third kappa shape index (κ3) is 2.90. The standard InChI is InChI=1S/C16H17ClN2S/c1-19-14(10-16-15(19)7-9-20-16)11-18-8-6-12-2-4-13(17)5-3-12/h2-5,7,9-10,18H,6,8,11H2,1H3. The minimum absolute atomic E-state index is 0.797. The summed E-state index contributed by atoms with van der Waals surface area (Å²) in [5.74, 6) is 0. The van der Waals surface area contributed by atoms with Gasteiger partial charge in [0.25, 0.3) is 0 Å². The van der Waals surface area contributed by atoms with Crippen LogP contribution in [0.3, 0.4) is 0 Å². The van der Waals surface area contributed by atoms with Crippen LogP contribution in [-0.4, -0.2) is 11.1 Å². The van der Waals surface area contributed by atoms with Crippen molar-refractivity contribution in [2.24, 2.45) is 7.05 Å². The number of thiophene rings is 1. The highest BCUT2D eigenvalue weighted by Gasteiger charge is 2.05. The Hall–Kier alpha value is -1.29. The van der Waals surface area contributed by atoms with Crippen LogP contribution in [0.1, 0.15) is 11.3 Å². The number of halogens is 1. The highest BCUT2D eigenvalue weighted by Crippen LogP contribution is 2.23. The minimum Gasteiger partial charge on any atom is -0.346 e. The van der Waals surface area contributed by atoms with Crippen LogP contribution in [-0.2, 0) is 20.0 Å². The summed E-state index contributed by atoms with van der Waals surface area (Å²) in [6.07, 6.45) is 1.02. The Morgan fingerprint density at radius 1 is 1.20 bits per heavy atom. The molecule has 0 aliphatic heterocycles. The Kier molecular flexibility index (Phi) is 4.10. The van der Waals surface area contributed by atoms with Gasteiger partial charge in [-0.3, -0.25) is 0 Å². The molecule has 1 aromatic carbocycles. The van der Waals surface area contributed by atoms with E-state index in [1.54, 1.807) is 11.3 Å². The fraction of sp³-hybridized carbons (Fsp3) is 0.250. The quantitative estimate of drug-likeness (QED) is 0.698. The summed E-state index contributed by atoms with van der Waals surface area (Å²) >= 11 is 7.68. The maximum Gasteiger partial charge on any atom is 0.0589 e. The Labute approximate surface area is 128 Å². The van der Waals surface area contributed by atoms with Crippen molar-refractivity contribution >= 4 is 33.2 Å². The first kappa shape index (κ1) is 13.7. The van der Waals surface area contributed by atoms with Gasteiger partial charge in [-0.15, -0.1) is 11.3 Å². The molecule has 2 aromatic heterocycles. The Morgan fingerprint density at radius 2 is 2.00 bits per heavy atom. The molecule has 4 heteroatoms. The monoisotopic (exact) mass is 304 g/mol. The van der Waals surface area contributed by atoms with Crippen molar-refractivity contribution in [1.82, 2.24) is 9.88 Å². The van der Waals surface area contributed by atoms with E-state index in [1.165, 1.54) is 21.5 Å². The van der Waals surface area contributed by atoms with Crippen LogP contribution in [0.15, 0.2) is 41.8 Å². The predicted molar refractivity (Wildman–Crippen MR) is 87.7 cm³/mol.